The number of carbonyl (C=O) groups excluding carboxylic acids is 1. The molecule has 0 atom stereocenters. The number of nitrogens with zero attached hydrogens (tertiary/aromatic N) is 1. The molecule has 2 aromatic carbocycles. The van der Waals surface area contributed by atoms with E-state index < -0.39 is 0 Å². The molecule has 25 heavy (non-hydrogen) atoms. The molecule has 0 aliphatic heterocycles. The number of hydrazone groups is 1. The van der Waals surface area contributed by atoms with E-state index >= 15 is 0 Å². The van der Waals surface area contributed by atoms with E-state index in [2.05, 4.69) is 26.5 Å². The fourth-order valence-electron chi connectivity index (χ4n) is 2.35. The summed E-state index contributed by atoms with van der Waals surface area (Å²) in [5.74, 6) is 0.477. The smallest absolute Gasteiger partial charge is 0.277 e. The number of carbonyl (C=O) groups is 1. The first-order chi connectivity index (χ1) is 11.8. The van der Waals surface area contributed by atoms with Gasteiger partial charge in [-0.1, -0.05) is 28.1 Å². The lowest BCUT2D eigenvalue weighted by atomic mass is 10.1. The number of ether oxygens (including phenoxy) is 1. The van der Waals surface area contributed by atoms with Crippen molar-refractivity contribution in [2.24, 2.45) is 5.10 Å². The molecule has 6 heteroatoms. The monoisotopic (exact) mass is 404 g/mol. The van der Waals surface area contributed by atoms with Gasteiger partial charge in [-0.2, -0.15) is 5.10 Å². The standard InChI is InChI=1S/C19H21BrN2O3/c1-11-5-6-12(2)19(14(11)4)25-10-17(23)22-21-9-15-8-16(20)7-13(3)18(15)24/h5-9,24H,10H2,1-4H3,(H,22,23)/b21-9-. The average Bonchev–Trinajstić information content (AvgIpc) is 2.55. The van der Waals surface area contributed by atoms with Gasteiger partial charge in [-0.3, -0.25) is 4.79 Å². The summed E-state index contributed by atoms with van der Waals surface area (Å²) in [6.07, 6.45) is 1.40. The normalized spacial score (nSPS) is 10.9. The quantitative estimate of drug-likeness (QED) is 0.585. The van der Waals surface area contributed by atoms with Crippen molar-refractivity contribution in [3.63, 3.8) is 0 Å². The van der Waals surface area contributed by atoms with Crippen LogP contribution in [-0.2, 0) is 4.79 Å². The van der Waals surface area contributed by atoms with Gasteiger partial charge < -0.3 is 9.84 Å². The molecule has 2 N–H and O–H groups in total. The number of benzene rings is 2. The fourth-order valence-corrected chi connectivity index (χ4v) is 2.94. The molecule has 0 aliphatic rings. The molecule has 132 valence electrons. The van der Waals surface area contributed by atoms with Crippen molar-refractivity contribution in [2.45, 2.75) is 27.7 Å². The van der Waals surface area contributed by atoms with E-state index in [0.29, 0.717) is 5.56 Å². The van der Waals surface area contributed by atoms with Crippen molar-refractivity contribution in [3.05, 3.63) is 56.6 Å². The van der Waals surface area contributed by atoms with Gasteiger partial charge >= 0.3 is 0 Å². The first-order valence-electron chi connectivity index (χ1n) is 7.80. The zero-order valence-corrected chi connectivity index (χ0v) is 16.3. The minimum atomic E-state index is -0.372. The maximum atomic E-state index is 11.9. The molecule has 0 fully saturated rings. The van der Waals surface area contributed by atoms with Crippen LogP contribution in [0.1, 0.15) is 27.8 Å². The molecule has 0 saturated heterocycles. The maximum absolute atomic E-state index is 11.9. The van der Waals surface area contributed by atoms with Gasteiger partial charge in [0.2, 0.25) is 0 Å². The van der Waals surface area contributed by atoms with Crippen molar-refractivity contribution in [3.8, 4) is 11.5 Å². The first kappa shape index (κ1) is 19.0. The SMILES string of the molecule is Cc1ccc(C)c(OCC(=O)N/N=C\c2cc(Br)cc(C)c2O)c1C. The summed E-state index contributed by atoms with van der Waals surface area (Å²) in [6.45, 7) is 7.56. The summed E-state index contributed by atoms with van der Waals surface area (Å²) < 4.78 is 6.46. The van der Waals surface area contributed by atoms with Crippen LogP contribution in [0.5, 0.6) is 11.5 Å². The first-order valence-corrected chi connectivity index (χ1v) is 8.59. The third-order valence-corrected chi connectivity index (χ3v) is 4.37. The van der Waals surface area contributed by atoms with Crippen LogP contribution in [0, 0.1) is 27.7 Å². The molecular formula is C19H21BrN2O3. The van der Waals surface area contributed by atoms with E-state index in [-0.39, 0.29) is 18.3 Å². The molecule has 0 unspecified atom stereocenters. The third-order valence-electron chi connectivity index (χ3n) is 3.91. The van der Waals surface area contributed by atoms with Gasteiger partial charge in [-0.15, -0.1) is 0 Å². The van der Waals surface area contributed by atoms with Crippen LogP contribution in [-0.4, -0.2) is 23.8 Å². The molecule has 0 bridgehead atoms. The Morgan fingerprint density at radius 1 is 1.20 bits per heavy atom. The molecule has 2 rings (SSSR count). The third kappa shape index (κ3) is 4.82. The van der Waals surface area contributed by atoms with E-state index in [9.17, 15) is 9.90 Å². The van der Waals surface area contributed by atoms with Crippen LogP contribution in [0.25, 0.3) is 0 Å². The highest BCUT2D eigenvalue weighted by molar-refractivity contribution is 9.10. The van der Waals surface area contributed by atoms with Gasteiger partial charge in [0.1, 0.15) is 11.5 Å². The molecular weight excluding hydrogens is 384 g/mol. The van der Waals surface area contributed by atoms with Crippen molar-refractivity contribution in [1.29, 1.82) is 0 Å². The Morgan fingerprint density at radius 2 is 1.88 bits per heavy atom. The Balaban J connectivity index is 1.97. The van der Waals surface area contributed by atoms with Gasteiger partial charge in [-0.05, 0) is 62.1 Å². The number of rotatable bonds is 5. The summed E-state index contributed by atoms with van der Waals surface area (Å²) in [4.78, 5) is 11.9. The van der Waals surface area contributed by atoms with Gasteiger partial charge in [0.25, 0.3) is 5.91 Å². The summed E-state index contributed by atoms with van der Waals surface area (Å²) >= 11 is 3.36. The number of nitrogens with one attached hydrogen (secondary N) is 1. The van der Waals surface area contributed by atoms with Gasteiger partial charge in [0, 0.05) is 10.0 Å². The Labute approximate surface area is 155 Å². The van der Waals surface area contributed by atoms with Crippen LogP contribution in [0.3, 0.4) is 0 Å². The summed E-state index contributed by atoms with van der Waals surface area (Å²) in [6, 6.07) is 7.50. The highest BCUT2D eigenvalue weighted by Gasteiger charge is 2.09. The molecule has 0 spiro atoms. The zero-order valence-electron chi connectivity index (χ0n) is 14.7. The predicted molar refractivity (Wildman–Crippen MR) is 102 cm³/mol. The molecule has 1 amide bonds. The minimum Gasteiger partial charge on any atom is -0.507 e. The number of aryl methyl sites for hydroxylation is 3. The van der Waals surface area contributed by atoms with Crippen LogP contribution in [0.2, 0.25) is 0 Å². The molecule has 0 radical (unpaired) electrons. The Morgan fingerprint density at radius 3 is 2.60 bits per heavy atom. The number of amides is 1. The lowest BCUT2D eigenvalue weighted by Gasteiger charge is -2.13. The van der Waals surface area contributed by atoms with E-state index in [1.807, 2.05) is 32.9 Å². The van der Waals surface area contributed by atoms with Crippen LogP contribution in [0.4, 0.5) is 0 Å². The highest BCUT2D eigenvalue weighted by atomic mass is 79.9. The summed E-state index contributed by atoms with van der Waals surface area (Å²) in [7, 11) is 0. The lowest BCUT2D eigenvalue weighted by Crippen LogP contribution is -2.25. The second kappa shape index (κ2) is 8.16. The van der Waals surface area contributed by atoms with Crippen LogP contribution < -0.4 is 10.2 Å². The second-order valence-electron chi connectivity index (χ2n) is 5.90. The van der Waals surface area contributed by atoms with Crippen LogP contribution in [0.15, 0.2) is 33.8 Å². The lowest BCUT2D eigenvalue weighted by molar-refractivity contribution is -0.123. The van der Waals surface area contributed by atoms with Crippen molar-refractivity contribution in [1.82, 2.24) is 5.43 Å². The number of aromatic hydroxyl groups is 1. The van der Waals surface area contributed by atoms with Crippen molar-refractivity contribution >= 4 is 28.1 Å². The molecule has 0 heterocycles. The van der Waals surface area contributed by atoms with E-state index in [1.54, 1.807) is 19.1 Å². The molecule has 2 aromatic rings. The largest absolute Gasteiger partial charge is 0.507 e. The topological polar surface area (TPSA) is 70.9 Å². The molecule has 0 aliphatic carbocycles. The molecule has 0 saturated carbocycles. The van der Waals surface area contributed by atoms with Gasteiger partial charge in [0.05, 0.1) is 6.21 Å². The van der Waals surface area contributed by atoms with E-state index in [1.165, 1.54) is 6.21 Å². The Hall–Kier alpha value is -2.34. The van der Waals surface area contributed by atoms with Gasteiger partial charge in [-0.25, -0.2) is 5.43 Å². The fraction of sp³-hybridized carbons (Fsp3) is 0.263. The number of hydrogen-bond donors (Lipinski definition) is 2. The number of hydrogen-bond acceptors (Lipinski definition) is 4. The number of phenolic OH excluding ortho intramolecular Hbond substituents is 1. The predicted octanol–water partition coefficient (Wildman–Crippen LogP) is 3.92. The average molecular weight is 405 g/mol. The Kier molecular flexibility index (Phi) is 6.20. The Bertz CT molecular complexity index is 832. The molecule has 0 aromatic heterocycles. The second-order valence-corrected chi connectivity index (χ2v) is 6.81. The minimum absolute atomic E-state index is 0.128. The van der Waals surface area contributed by atoms with Gasteiger partial charge in [0.15, 0.2) is 6.61 Å². The number of halogens is 1. The van der Waals surface area contributed by atoms with Crippen molar-refractivity contribution in [2.75, 3.05) is 6.61 Å². The summed E-state index contributed by atoms with van der Waals surface area (Å²) in [5, 5.41) is 13.9. The van der Waals surface area contributed by atoms with E-state index in [4.69, 9.17) is 4.74 Å². The maximum Gasteiger partial charge on any atom is 0.277 e. The van der Waals surface area contributed by atoms with Crippen molar-refractivity contribution < 1.29 is 14.6 Å². The highest BCUT2D eigenvalue weighted by Crippen LogP contribution is 2.26. The van der Waals surface area contributed by atoms with E-state index in [0.717, 1.165) is 32.5 Å². The van der Waals surface area contributed by atoms with Crippen LogP contribution >= 0.6 is 15.9 Å². The number of phenols is 1. The molecule has 5 nitrogen and oxygen atoms in total. The summed E-state index contributed by atoms with van der Waals surface area (Å²) in [5.41, 5.74) is 6.74. The zero-order chi connectivity index (χ0) is 18.6.